The summed E-state index contributed by atoms with van der Waals surface area (Å²) in [4.78, 5) is 11.0. The molecule has 2 rings (SSSR count). The van der Waals surface area contributed by atoms with E-state index in [4.69, 9.17) is 4.74 Å². The van der Waals surface area contributed by atoms with Gasteiger partial charge in [0.05, 0.1) is 6.61 Å². The summed E-state index contributed by atoms with van der Waals surface area (Å²) in [7, 11) is 0. The second-order valence-corrected chi connectivity index (χ2v) is 4.46. The van der Waals surface area contributed by atoms with Crippen LogP contribution in [0.5, 0.6) is 0 Å². The number of carbonyl (C=O) groups is 1. The Morgan fingerprint density at radius 3 is 2.82 bits per heavy atom. The second-order valence-electron chi connectivity index (χ2n) is 3.22. The molecule has 1 unspecified atom stereocenters. The third kappa shape index (κ3) is 1.89. The van der Waals surface area contributed by atoms with Gasteiger partial charge in [-0.2, -0.15) is 0 Å². The number of thioether (sulfide) groups is 1. The predicted octanol–water partition coefficient (Wildman–Crippen LogP) is 1.45. The fourth-order valence-electron chi connectivity index (χ4n) is 1.17. The minimum absolute atomic E-state index is 0.00986. The first-order chi connectivity index (χ1) is 5.36. The molecule has 2 fully saturated rings. The molecule has 1 saturated carbocycles. The van der Waals surface area contributed by atoms with Crippen LogP contribution in [0.3, 0.4) is 0 Å². The number of ether oxygens (including phenoxy) is 1. The van der Waals surface area contributed by atoms with E-state index in [0.717, 1.165) is 12.3 Å². The minimum atomic E-state index is 0.00986. The molecule has 1 saturated heterocycles. The van der Waals surface area contributed by atoms with Crippen molar-refractivity contribution in [3.8, 4) is 0 Å². The van der Waals surface area contributed by atoms with E-state index >= 15 is 0 Å². The highest BCUT2D eigenvalue weighted by atomic mass is 32.2. The van der Waals surface area contributed by atoms with E-state index in [-0.39, 0.29) is 11.2 Å². The van der Waals surface area contributed by atoms with Crippen molar-refractivity contribution in [3.63, 3.8) is 0 Å². The Balaban J connectivity index is 1.71. The normalized spacial score (nSPS) is 30.5. The average molecular weight is 172 g/mol. The molecule has 2 aliphatic rings. The van der Waals surface area contributed by atoms with Gasteiger partial charge in [0.25, 0.3) is 0 Å². The molecule has 2 nitrogen and oxygen atoms in total. The van der Waals surface area contributed by atoms with Crippen LogP contribution in [0.25, 0.3) is 0 Å². The molecule has 1 aliphatic heterocycles. The summed E-state index contributed by atoms with van der Waals surface area (Å²) in [5.41, 5.74) is 0. The van der Waals surface area contributed by atoms with Crippen molar-refractivity contribution in [1.29, 1.82) is 0 Å². The van der Waals surface area contributed by atoms with Crippen molar-refractivity contribution in [2.24, 2.45) is 5.92 Å². The van der Waals surface area contributed by atoms with Gasteiger partial charge in [0.15, 0.2) is 0 Å². The zero-order valence-corrected chi connectivity index (χ0v) is 7.23. The van der Waals surface area contributed by atoms with Gasteiger partial charge in [-0.25, -0.2) is 0 Å². The van der Waals surface area contributed by atoms with Crippen LogP contribution in [0.15, 0.2) is 0 Å². The van der Waals surface area contributed by atoms with Gasteiger partial charge in [-0.1, -0.05) is 0 Å². The van der Waals surface area contributed by atoms with Crippen molar-refractivity contribution >= 4 is 17.7 Å². The van der Waals surface area contributed by atoms with Crippen LogP contribution in [-0.4, -0.2) is 23.6 Å². The molecule has 0 aromatic carbocycles. The van der Waals surface area contributed by atoms with Crippen LogP contribution < -0.4 is 0 Å². The third-order valence-electron chi connectivity index (χ3n) is 2.12. The van der Waals surface area contributed by atoms with Gasteiger partial charge >= 0.3 is 5.97 Å². The minimum Gasteiger partial charge on any atom is -0.465 e. The molecule has 0 radical (unpaired) electrons. The lowest BCUT2D eigenvalue weighted by atomic mass is 10.4. The number of rotatable bonds is 3. The van der Waals surface area contributed by atoms with Crippen molar-refractivity contribution in [2.45, 2.75) is 24.5 Å². The Hall–Kier alpha value is -0.180. The maximum absolute atomic E-state index is 11.0. The van der Waals surface area contributed by atoms with E-state index in [9.17, 15) is 4.79 Å². The first-order valence-corrected chi connectivity index (χ1v) is 5.19. The highest BCUT2D eigenvalue weighted by Gasteiger charge is 2.29. The standard InChI is InChI=1S/C8H12O2S/c9-8-7(3-4-10-8)11-5-6-1-2-6/h6-7H,1-5H2. The summed E-state index contributed by atoms with van der Waals surface area (Å²) in [5.74, 6) is 2.09. The monoisotopic (exact) mass is 172 g/mol. The van der Waals surface area contributed by atoms with Gasteiger partial charge in [0.1, 0.15) is 5.25 Å². The predicted molar refractivity (Wildman–Crippen MR) is 44.5 cm³/mol. The van der Waals surface area contributed by atoms with Gasteiger partial charge in [-0.3, -0.25) is 4.79 Å². The molecule has 0 spiro atoms. The van der Waals surface area contributed by atoms with Crippen molar-refractivity contribution < 1.29 is 9.53 Å². The molecular weight excluding hydrogens is 160 g/mol. The van der Waals surface area contributed by atoms with Gasteiger partial charge in [0.2, 0.25) is 0 Å². The Morgan fingerprint density at radius 1 is 1.45 bits per heavy atom. The summed E-state index contributed by atoms with van der Waals surface area (Å²) in [6, 6.07) is 0. The summed E-state index contributed by atoms with van der Waals surface area (Å²) < 4.78 is 4.86. The van der Waals surface area contributed by atoms with E-state index in [0.29, 0.717) is 6.61 Å². The van der Waals surface area contributed by atoms with E-state index in [1.165, 1.54) is 18.6 Å². The van der Waals surface area contributed by atoms with Gasteiger partial charge in [0, 0.05) is 6.42 Å². The van der Waals surface area contributed by atoms with Gasteiger partial charge < -0.3 is 4.74 Å². The Labute approximate surface area is 70.7 Å². The Bertz CT molecular complexity index is 165. The second kappa shape index (κ2) is 3.05. The molecule has 3 heteroatoms. The summed E-state index contributed by atoms with van der Waals surface area (Å²) in [6.07, 6.45) is 3.67. The summed E-state index contributed by atoms with van der Waals surface area (Å²) in [6.45, 7) is 0.640. The molecule has 1 atom stereocenters. The van der Waals surface area contributed by atoms with Crippen molar-refractivity contribution in [1.82, 2.24) is 0 Å². The lowest BCUT2D eigenvalue weighted by molar-refractivity contribution is -0.137. The average Bonchev–Trinajstić information content (AvgIpc) is 2.73. The summed E-state index contributed by atoms with van der Waals surface area (Å²) in [5, 5.41) is 0.163. The molecule has 0 N–H and O–H groups in total. The first-order valence-electron chi connectivity index (χ1n) is 4.14. The van der Waals surface area contributed by atoms with Crippen LogP contribution >= 0.6 is 11.8 Å². The highest BCUT2D eigenvalue weighted by Crippen LogP contribution is 2.35. The quantitative estimate of drug-likeness (QED) is 0.603. The Kier molecular flexibility index (Phi) is 2.07. The Morgan fingerprint density at radius 2 is 2.27 bits per heavy atom. The fraction of sp³-hybridized carbons (Fsp3) is 0.875. The van der Waals surface area contributed by atoms with E-state index in [2.05, 4.69) is 0 Å². The molecule has 0 amide bonds. The molecular formula is C8H12O2S. The molecule has 11 heavy (non-hydrogen) atoms. The lowest BCUT2D eigenvalue weighted by Crippen LogP contribution is -2.10. The summed E-state index contributed by atoms with van der Waals surface area (Å²) >= 11 is 1.79. The van der Waals surface area contributed by atoms with E-state index in [1.807, 2.05) is 0 Å². The molecule has 62 valence electrons. The van der Waals surface area contributed by atoms with E-state index in [1.54, 1.807) is 11.8 Å². The number of carbonyl (C=O) groups excluding carboxylic acids is 1. The van der Waals surface area contributed by atoms with Crippen LogP contribution in [0.4, 0.5) is 0 Å². The number of cyclic esters (lactones) is 1. The van der Waals surface area contributed by atoms with E-state index < -0.39 is 0 Å². The largest absolute Gasteiger partial charge is 0.465 e. The smallest absolute Gasteiger partial charge is 0.319 e. The molecule has 0 aromatic heterocycles. The number of hydrogen-bond acceptors (Lipinski definition) is 3. The number of hydrogen-bond donors (Lipinski definition) is 0. The van der Waals surface area contributed by atoms with Gasteiger partial charge in [-0.15, -0.1) is 11.8 Å². The highest BCUT2D eigenvalue weighted by molar-refractivity contribution is 8.00. The van der Waals surface area contributed by atoms with Crippen molar-refractivity contribution in [3.05, 3.63) is 0 Å². The zero-order valence-electron chi connectivity index (χ0n) is 6.41. The maximum atomic E-state index is 11.0. The van der Waals surface area contributed by atoms with Crippen LogP contribution in [-0.2, 0) is 9.53 Å². The molecule has 0 bridgehead atoms. The molecule has 0 aromatic rings. The molecule has 1 aliphatic carbocycles. The number of esters is 1. The SMILES string of the molecule is O=C1OCCC1SCC1CC1. The van der Waals surface area contributed by atoms with Crippen LogP contribution in [0.2, 0.25) is 0 Å². The van der Waals surface area contributed by atoms with Gasteiger partial charge in [-0.05, 0) is 24.5 Å². The maximum Gasteiger partial charge on any atom is 0.319 e. The zero-order chi connectivity index (χ0) is 7.68. The van der Waals surface area contributed by atoms with Crippen LogP contribution in [0.1, 0.15) is 19.3 Å². The topological polar surface area (TPSA) is 26.3 Å². The fourth-order valence-corrected chi connectivity index (χ4v) is 2.47. The first kappa shape index (κ1) is 7.47. The van der Waals surface area contributed by atoms with Crippen LogP contribution in [0, 0.1) is 5.92 Å². The third-order valence-corrected chi connectivity index (χ3v) is 3.61. The molecule has 1 heterocycles. The lowest BCUT2D eigenvalue weighted by Gasteiger charge is -2.02. The van der Waals surface area contributed by atoms with Crippen molar-refractivity contribution in [2.75, 3.05) is 12.4 Å².